The van der Waals surface area contributed by atoms with E-state index in [9.17, 15) is 4.79 Å². The number of nitrogens with zero attached hydrogens (tertiary/aromatic N) is 2. The summed E-state index contributed by atoms with van der Waals surface area (Å²) in [6, 6.07) is 3.24. The highest BCUT2D eigenvalue weighted by Crippen LogP contribution is 2.06. The zero-order valence-electron chi connectivity index (χ0n) is 7.47. The molecule has 14 heavy (non-hydrogen) atoms. The molecule has 74 valence electrons. The number of imidazole rings is 1. The summed E-state index contributed by atoms with van der Waals surface area (Å²) < 4.78 is 1.71. The van der Waals surface area contributed by atoms with E-state index >= 15 is 0 Å². The first-order valence-corrected chi connectivity index (χ1v) is 3.85. The van der Waals surface area contributed by atoms with Crippen molar-refractivity contribution in [1.29, 1.82) is 0 Å². The van der Waals surface area contributed by atoms with Crippen LogP contribution in [0.1, 0.15) is 16.1 Å². The smallest absolute Gasteiger partial charge is 0.337 e. The van der Waals surface area contributed by atoms with Crippen LogP contribution in [0, 0.1) is 6.92 Å². The third-order valence-corrected chi connectivity index (χ3v) is 1.82. The van der Waals surface area contributed by atoms with E-state index in [0.717, 1.165) is 11.3 Å². The Morgan fingerprint density at radius 3 is 2.79 bits per heavy atom. The van der Waals surface area contributed by atoms with Crippen molar-refractivity contribution in [2.45, 2.75) is 6.92 Å². The van der Waals surface area contributed by atoms with E-state index < -0.39 is 5.97 Å². The Morgan fingerprint density at radius 2 is 2.14 bits per heavy atom. The van der Waals surface area contributed by atoms with E-state index in [1.54, 1.807) is 28.9 Å². The number of hydrogen-bond donors (Lipinski definition) is 1. The molecule has 2 aromatic rings. The highest BCUT2D eigenvalue weighted by Gasteiger charge is 2.04. The number of carbonyl (C=O) groups is 1. The van der Waals surface area contributed by atoms with Crippen LogP contribution < -0.4 is 0 Å². The molecule has 4 nitrogen and oxygen atoms in total. The molecule has 0 aromatic carbocycles. The number of aromatic nitrogens is 2. The van der Waals surface area contributed by atoms with Gasteiger partial charge < -0.3 is 9.51 Å². The van der Waals surface area contributed by atoms with Crippen LogP contribution in [-0.4, -0.2) is 20.5 Å². The second-order valence-electron chi connectivity index (χ2n) is 2.87. The number of aromatic carboxylic acids is 1. The van der Waals surface area contributed by atoms with Gasteiger partial charge in [0.1, 0.15) is 5.65 Å². The van der Waals surface area contributed by atoms with Gasteiger partial charge in [-0.15, -0.1) is 12.4 Å². The van der Waals surface area contributed by atoms with Gasteiger partial charge in [0.25, 0.3) is 0 Å². The van der Waals surface area contributed by atoms with Gasteiger partial charge in [-0.25, -0.2) is 9.78 Å². The number of halogens is 1. The van der Waals surface area contributed by atoms with Gasteiger partial charge in [-0.1, -0.05) is 0 Å². The predicted molar refractivity (Wildman–Crippen MR) is 54.1 cm³/mol. The molecule has 0 radical (unpaired) electrons. The molecular formula is C9H9ClN2O2. The van der Waals surface area contributed by atoms with E-state index in [1.165, 1.54) is 0 Å². The van der Waals surface area contributed by atoms with Crippen molar-refractivity contribution in [3.63, 3.8) is 0 Å². The lowest BCUT2D eigenvalue weighted by atomic mass is 10.3. The first-order chi connectivity index (χ1) is 6.16. The molecule has 0 aliphatic carbocycles. The molecule has 0 bridgehead atoms. The molecule has 2 heterocycles. The topological polar surface area (TPSA) is 54.6 Å². The fourth-order valence-corrected chi connectivity index (χ4v) is 1.25. The van der Waals surface area contributed by atoms with E-state index in [4.69, 9.17) is 5.11 Å². The van der Waals surface area contributed by atoms with Gasteiger partial charge in [0.05, 0.1) is 11.3 Å². The van der Waals surface area contributed by atoms with Crippen molar-refractivity contribution in [3.05, 3.63) is 35.8 Å². The molecule has 0 amide bonds. The molecule has 0 aliphatic heterocycles. The van der Waals surface area contributed by atoms with Crippen LogP contribution in [0.4, 0.5) is 0 Å². The van der Waals surface area contributed by atoms with E-state index in [2.05, 4.69) is 4.98 Å². The maximum absolute atomic E-state index is 10.6. The van der Waals surface area contributed by atoms with Crippen molar-refractivity contribution < 1.29 is 9.90 Å². The molecule has 0 spiro atoms. The second-order valence-corrected chi connectivity index (χ2v) is 2.87. The predicted octanol–water partition coefficient (Wildman–Crippen LogP) is 1.76. The average Bonchev–Trinajstić information content (AvgIpc) is 2.42. The molecule has 0 fully saturated rings. The lowest BCUT2D eigenvalue weighted by Crippen LogP contribution is -1.97. The van der Waals surface area contributed by atoms with Crippen molar-refractivity contribution in [1.82, 2.24) is 9.38 Å². The molecule has 0 saturated heterocycles. The summed E-state index contributed by atoms with van der Waals surface area (Å²) in [7, 11) is 0. The number of hydrogen-bond acceptors (Lipinski definition) is 2. The molecule has 2 rings (SSSR count). The van der Waals surface area contributed by atoms with Gasteiger partial charge in [-0.2, -0.15) is 0 Å². The van der Waals surface area contributed by atoms with Crippen LogP contribution in [0.2, 0.25) is 0 Å². The quantitative estimate of drug-likeness (QED) is 0.784. The first kappa shape index (κ1) is 10.5. The highest BCUT2D eigenvalue weighted by molar-refractivity contribution is 5.87. The van der Waals surface area contributed by atoms with Gasteiger partial charge in [0.2, 0.25) is 0 Å². The zero-order chi connectivity index (χ0) is 9.42. The fraction of sp³-hybridized carbons (Fsp3) is 0.111. The van der Waals surface area contributed by atoms with Crippen molar-refractivity contribution >= 4 is 24.0 Å². The van der Waals surface area contributed by atoms with Gasteiger partial charge >= 0.3 is 5.97 Å². The molecule has 0 atom stereocenters. The number of carboxylic acid groups (broad SMARTS) is 1. The third-order valence-electron chi connectivity index (χ3n) is 1.82. The minimum atomic E-state index is -0.923. The van der Waals surface area contributed by atoms with E-state index in [1.807, 2.05) is 6.92 Å². The molecule has 0 saturated carbocycles. The van der Waals surface area contributed by atoms with Crippen molar-refractivity contribution in [3.8, 4) is 0 Å². The van der Waals surface area contributed by atoms with Crippen LogP contribution in [-0.2, 0) is 0 Å². The number of rotatable bonds is 1. The van der Waals surface area contributed by atoms with Crippen LogP contribution in [0.3, 0.4) is 0 Å². The van der Waals surface area contributed by atoms with Crippen LogP contribution in [0.5, 0.6) is 0 Å². The minimum Gasteiger partial charge on any atom is -0.478 e. The van der Waals surface area contributed by atoms with E-state index in [0.29, 0.717) is 0 Å². The average molecular weight is 213 g/mol. The van der Waals surface area contributed by atoms with Gasteiger partial charge in [-0.05, 0) is 19.1 Å². The van der Waals surface area contributed by atoms with Crippen molar-refractivity contribution in [2.75, 3.05) is 0 Å². The van der Waals surface area contributed by atoms with Crippen LogP contribution in [0.25, 0.3) is 5.65 Å². The summed E-state index contributed by atoms with van der Waals surface area (Å²) in [4.78, 5) is 14.8. The summed E-state index contributed by atoms with van der Waals surface area (Å²) >= 11 is 0. The second kappa shape index (κ2) is 3.67. The Kier molecular flexibility index (Phi) is 2.76. The first-order valence-electron chi connectivity index (χ1n) is 3.85. The number of pyridine rings is 1. The lowest BCUT2D eigenvalue weighted by Gasteiger charge is -1.95. The monoisotopic (exact) mass is 212 g/mol. The summed E-state index contributed by atoms with van der Waals surface area (Å²) in [6.07, 6.45) is 3.35. The summed E-state index contributed by atoms with van der Waals surface area (Å²) in [5.41, 5.74) is 1.91. The Labute approximate surface area is 86.6 Å². The Bertz CT molecular complexity index is 479. The summed E-state index contributed by atoms with van der Waals surface area (Å²) in [5, 5.41) is 8.72. The summed E-state index contributed by atoms with van der Waals surface area (Å²) in [5.74, 6) is -0.923. The Hall–Kier alpha value is -1.55. The van der Waals surface area contributed by atoms with Crippen LogP contribution in [0.15, 0.2) is 24.5 Å². The zero-order valence-corrected chi connectivity index (χ0v) is 8.28. The maximum atomic E-state index is 10.6. The summed E-state index contributed by atoms with van der Waals surface area (Å²) in [6.45, 7) is 1.87. The molecule has 1 N–H and O–H groups in total. The Morgan fingerprint density at radius 1 is 1.43 bits per heavy atom. The molecule has 5 heteroatoms. The molecule has 0 unspecified atom stereocenters. The molecule has 0 aliphatic rings. The van der Waals surface area contributed by atoms with Gasteiger partial charge in [0, 0.05) is 12.4 Å². The standard InChI is InChI=1S/C9H8N2O2.ClH/c1-6-4-11-5-7(9(12)13)2-3-8(11)10-6;/h2-5H,1H3,(H,12,13);1H. The third kappa shape index (κ3) is 1.70. The van der Waals surface area contributed by atoms with Gasteiger partial charge in [-0.3, -0.25) is 0 Å². The number of carboxylic acids is 1. The van der Waals surface area contributed by atoms with Crippen molar-refractivity contribution in [2.24, 2.45) is 0 Å². The number of aryl methyl sites for hydroxylation is 1. The maximum Gasteiger partial charge on any atom is 0.337 e. The minimum absolute atomic E-state index is 0. The largest absolute Gasteiger partial charge is 0.478 e. The highest BCUT2D eigenvalue weighted by atomic mass is 35.5. The van der Waals surface area contributed by atoms with E-state index in [-0.39, 0.29) is 18.0 Å². The molecular weight excluding hydrogens is 204 g/mol. The lowest BCUT2D eigenvalue weighted by molar-refractivity contribution is 0.0696. The van der Waals surface area contributed by atoms with Gasteiger partial charge in [0.15, 0.2) is 0 Å². The fourth-order valence-electron chi connectivity index (χ4n) is 1.25. The molecule has 2 aromatic heterocycles. The normalized spacial score (nSPS) is 9.79. The Balaban J connectivity index is 0.000000980. The van der Waals surface area contributed by atoms with Crippen LogP contribution >= 0.6 is 12.4 Å². The SMILES string of the molecule is Cc1cn2cc(C(=O)O)ccc2n1.Cl. The number of fused-ring (bicyclic) bond motifs is 1.